The first-order chi connectivity index (χ1) is 16.0. The molecule has 1 N–H and O–H groups in total. The van der Waals surface area contributed by atoms with Gasteiger partial charge in [0.15, 0.2) is 5.13 Å². The number of thiazole rings is 1. The zero-order valence-electron chi connectivity index (χ0n) is 16.9. The van der Waals surface area contributed by atoms with Crippen LogP contribution in [0.2, 0.25) is 15.1 Å². The van der Waals surface area contributed by atoms with Gasteiger partial charge in [0, 0.05) is 26.9 Å². The predicted octanol–water partition coefficient (Wildman–Crippen LogP) is 8.24. The van der Waals surface area contributed by atoms with Gasteiger partial charge in [0.05, 0.1) is 32.5 Å². The smallest absolute Gasteiger partial charge is 0.258 e. The molecule has 0 aliphatic carbocycles. The summed E-state index contributed by atoms with van der Waals surface area (Å²) in [5, 5.41) is 7.60. The average Bonchev–Trinajstić information content (AvgIpc) is 3.29. The van der Waals surface area contributed by atoms with Crippen molar-refractivity contribution in [1.82, 2.24) is 9.97 Å². The molecule has 0 fully saturated rings. The van der Waals surface area contributed by atoms with Crippen molar-refractivity contribution in [2.24, 2.45) is 0 Å². The van der Waals surface area contributed by atoms with E-state index in [9.17, 15) is 4.79 Å². The lowest BCUT2D eigenvalue weighted by atomic mass is 10.0. The van der Waals surface area contributed by atoms with E-state index in [1.165, 1.54) is 11.3 Å². The Hall–Kier alpha value is -2.96. The molecule has 33 heavy (non-hydrogen) atoms. The number of aromatic nitrogens is 2. The quantitative estimate of drug-likeness (QED) is 0.265. The number of nitrogens with one attached hydrogen (secondary N) is 1. The number of hydrogen-bond donors (Lipinski definition) is 1. The van der Waals surface area contributed by atoms with Crippen LogP contribution in [0.25, 0.3) is 33.4 Å². The van der Waals surface area contributed by atoms with Crippen LogP contribution in [0.4, 0.5) is 5.13 Å². The standard InChI is InChI=1S/C25H14Cl3N3OS/c26-16-8-5-14(6-9-16)23-13-33-25(30-23)31-24(32)18-12-22(15-7-10-19(27)20(28)11-15)29-21-4-2-1-3-17(18)21/h1-13H,(H,30,31,32). The molecule has 0 saturated carbocycles. The molecule has 8 heteroatoms. The molecule has 162 valence electrons. The fourth-order valence-corrected chi connectivity index (χ4v) is 4.55. The van der Waals surface area contributed by atoms with E-state index in [1.54, 1.807) is 18.2 Å². The maximum atomic E-state index is 13.3. The highest BCUT2D eigenvalue weighted by Crippen LogP contribution is 2.31. The Bertz CT molecular complexity index is 1500. The molecule has 5 rings (SSSR count). The van der Waals surface area contributed by atoms with Crippen molar-refractivity contribution in [1.29, 1.82) is 0 Å². The molecule has 0 bridgehead atoms. The second-order valence-corrected chi connectivity index (χ2v) is 9.31. The average molecular weight is 511 g/mol. The van der Waals surface area contributed by atoms with Crippen molar-refractivity contribution < 1.29 is 4.79 Å². The number of hydrogen-bond acceptors (Lipinski definition) is 4. The molecule has 5 aromatic rings. The molecule has 1 amide bonds. The van der Waals surface area contributed by atoms with E-state index in [-0.39, 0.29) is 5.91 Å². The number of anilines is 1. The van der Waals surface area contributed by atoms with Crippen molar-refractivity contribution in [3.05, 3.63) is 98.8 Å². The first kappa shape index (κ1) is 21.9. The van der Waals surface area contributed by atoms with Crippen molar-refractivity contribution in [2.75, 3.05) is 5.32 Å². The summed E-state index contributed by atoms with van der Waals surface area (Å²) in [5.74, 6) is -0.271. The van der Waals surface area contributed by atoms with Crippen molar-refractivity contribution in [3.8, 4) is 22.5 Å². The van der Waals surface area contributed by atoms with Gasteiger partial charge in [-0.2, -0.15) is 0 Å². The van der Waals surface area contributed by atoms with Crippen LogP contribution >= 0.6 is 46.1 Å². The van der Waals surface area contributed by atoms with Gasteiger partial charge in [-0.3, -0.25) is 10.1 Å². The van der Waals surface area contributed by atoms with Gasteiger partial charge >= 0.3 is 0 Å². The summed E-state index contributed by atoms with van der Waals surface area (Å²) in [6, 6.07) is 21.9. The van der Waals surface area contributed by atoms with Gasteiger partial charge in [-0.25, -0.2) is 9.97 Å². The second-order valence-electron chi connectivity index (χ2n) is 7.20. The third-order valence-corrected chi connectivity index (χ3v) is 6.79. The zero-order valence-corrected chi connectivity index (χ0v) is 19.9. The molecule has 0 unspecified atom stereocenters. The number of carbonyl (C=O) groups is 1. The van der Waals surface area contributed by atoms with Crippen LogP contribution in [0.1, 0.15) is 10.4 Å². The number of halogens is 3. The van der Waals surface area contributed by atoms with Gasteiger partial charge in [-0.05, 0) is 36.4 Å². The predicted molar refractivity (Wildman–Crippen MR) is 138 cm³/mol. The first-order valence-electron chi connectivity index (χ1n) is 9.86. The molecular formula is C25H14Cl3N3OS. The number of amides is 1. The number of fused-ring (bicyclic) bond motifs is 1. The van der Waals surface area contributed by atoms with Gasteiger partial charge in [0.2, 0.25) is 0 Å². The Morgan fingerprint density at radius 3 is 2.33 bits per heavy atom. The first-order valence-corrected chi connectivity index (χ1v) is 11.9. The number of carbonyl (C=O) groups excluding carboxylic acids is 1. The molecule has 4 nitrogen and oxygen atoms in total. The van der Waals surface area contributed by atoms with Gasteiger partial charge < -0.3 is 0 Å². The Morgan fingerprint density at radius 1 is 0.788 bits per heavy atom. The molecule has 0 aliphatic heterocycles. The summed E-state index contributed by atoms with van der Waals surface area (Å²) in [5.41, 5.74) is 4.27. The van der Waals surface area contributed by atoms with Crippen LogP contribution < -0.4 is 5.32 Å². The van der Waals surface area contributed by atoms with Crippen molar-refractivity contribution in [2.45, 2.75) is 0 Å². The fraction of sp³-hybridized carbons (Fsp3) is 0. The normalized spacial score (nSPS) is 11.0. The molecule has 3 aromatic carbocycles. The van der Waals surface area contributed by atoms with Crippen LogP contribution in [0, 0.1) is 0 Å². The molecule has 0 saturated heterocycles. The Balaban J connectivity index is 1.50. The van der Waals surface area contributed by atoms with Crippen LogP contribution in [-0.2, 0) is 0 Å². The van der Waals surface area contributed by atoms with E-state index in [0.29, 0.717) is 37.0 Å². The molecule has 2 aromatic heterocycles. The van der Waals surface area contributed by atoms with E-state index < -0.39 is 0 Å². The van der Waals surface area contributed by atoms with E-state index in [2.05, 4.69) is 10.3 Å². The Kier molecular flexibility index (Phi) is 6.04. The topological polar surface area (TPSA) is 54.9 Å². The summed E-state index contributed by atoms with van der Waals surface area (Å²) in [4.78, 5) is 22.6. The van der Waals surface area contributed by atoms with Crippen LogP contribution in [-0.4, -0.2) is 15.9 Å². The molecule has 0 spiro atoms. The lowest BCUT2D eigenvalue weighted by Gasteiger charge is -2.10. The highest BCUT2D eigenvalue weighted by atomic mass is 35.5. The number of para-hydroxylation sites is 1. The molecular weight excluding hydrogens is 497 g/mol. The Labute approximate surface area is 208 Å². The van der Waals surface area contributed by atoms with Crippen molar-refractivity contribution >= 4 is 68.1 Å². The maximum absolute atomic E-state index is 13.3. The van der Waals surface area contributed by atoms with E-state index in [1.807, 2.05) is 60.0 Å². The van der Waals surface area contributed by atoms with E-state index in [0.717, 1.165) is 22.2 Å². The maximum Gasteiger partial charge on any atom is 0.258 e. The van der Waals surface area contributed by atoms with Crippen LogP contribution in [0.3, 0.4) is 0 Å². The fourth-order valence-electron chi connectivity index (χ4n) is 3.42. The number of rotatable bonds is 4. The highest BCUT2D eigenvalue weighted by molar-refractivity contribution is 7.14. The third-order valence-electron chi connectivity index (χ3n) is 5.04. The van der Waals surface area contributed by atoms with E-state index in [4.69, 9.17) is 39.8 Å². The summed E-state index contributed by atoms with van der Waals surface area (Å²) in [7, 11) is 0. The summed E-state index contributed by atoms with van der Waals surface area (Å²) >= 11 is 19.6. The largest absolute Gasteiger partial charge is 0.298 e. The van der Waals surface area contributed by atoms with Gasteiger partial charge in [0.25, 0.3) is 5.91 Å². The SMILES string of the molecule is O=C(Nc1nc(-c2ccc(Cl)cc2)cs1)c1cc(-c2ccc(Cl)c(Cl)c2)nc2ccccc12. The molecule has 2 heterocycles. The monoisotopic (exact) mass is 509 g/mol. The minimum atomic E-state index is -0.271. The van der Waals surface area contributed by atoms with Gasteiger partial charge in [-0.1, -0.05) is 71.2 Å². The van der Waals surface area contributed by atoms with Gasteiger partial charge in [0.1, 0.15) is 0 Å². The third kappa shape index (κ3) is 4.59. The lowest BCUT2D eigenvalue weighted by molar-refractivity contribution is 0.102. The number of benzene rings is 3. The van der Waals surface area contributed by atoms with Crippen LogP contribution in [0.5, 0.6) is 0 Å². The minimum absolute atomic E-state index is 0.271. The zero-order chi connectivity index (χ0) is 22.9. The summed E-state index contributed by atoms with van der Waals surface area (Å²) in [6.45, 7) is 0. The van der Waals surface area contributed by atoms with E-state index >= 15 is 0 Å². The number of pyridine rings is 1. The lowest BCUT2D eigenvalue weighted by Crippen LogP contribution is -2.13. The van der Waals surface area contributed by atoms with Crippen molar-refractivity contribution in [3.63, 3.8) is 0 Å². The minimum Gasteiger partial charge on any atom is -0.298 e. The van der Waals surface area contributed by atoms with Gasteiger partial charge in [-0.15, -0.1) is 11.3 Å². The number of nitrogens with zero attached hydrogens (tertiary/aromatic N) is 2. The second kappa shape index (κ2) is 9.12. The molecule has 0 aliphatic rings. The summed E-state index contributed by atoms with van der Waals surface area (Å²) in [6.07, 6.45) is 0. The Morgan fingerprint density at radius 2 is 1.55 bits per heavy atom. The highest BCUT2D eigenvalue weighted by Gasteiger charge is 2.16. The summed E-state index contributed by atoms with van der Waals surface area (Å²) < 4.78 is 0. The molecule has 0 radical (unpaired) electrons. The molecule has 0 atom stereocenters. The van der Waals surface area contributed by atoms with Crippen LogP contribution in [0.15, 0.2) is 78.2 Å².